The van der Waals surface area contributed by atoms with Gasteiger partial charge in [0.15, 0.2) is 5.82 Å². The first kappa shape index (κ1) is 16.8. The number of aromatic nitrogens is 4. The van der Waals surface area contributed by atoms with Gasteiger partial charge in [-0.2, -0.15) is 9.47 Å². The maximum absolute atomic E-state index is 12.4. The summed E-state index contributed by atoms with van der Waals surface area (Å²) in [5, 5.41) is 8.22. The Balaban J connectivity index is 1.62. The standard InChI is InChI=1S/C15H22N6O2S/c1-10-7-12(20(2)18-10)14(22)16-11-5-4-6-21(8-11)15-17-13(9-23-3)19-24-15/h7,11H,4-6,8-9H2,1-3H3,(H,16,22). The molecule has 1 atom stereocenters. The van der Waals surface area contributed by atoms with E-state index in [1.807, 2.05) is 6.92 Å². The minimum absolute atomic E-state index is 0.0812. The molecule has 3 heterocycles. The van der Waals surface area contributed by atoms with Gasteiger partial charge in [0.1, 0.15) is 12.3 Å². The molecule has 0 bridgehead atoms. The van der Waals surface area contributed by atoms with Crippen molar-refractivity contribution in [2.75, 3.05) is 25.1 Å². The number of nitrogens with one attached hydrogen (secondary N) is 1. The fourth-order valence-corrected chi connectivity index (χ4v) is 3.62. The van der Waals surface area contributed by atoms with E-state index in [0.717, 1.165) is 36.8 Å². The van der Waals surface area contributed by atoms with Crippen molar-refractivity contribution in [1.29, 1.82) is 0 Å². The maximum atomic E-state index is 12.4. The van der Waals surface area contributed by atoms with Crippen LogP contribution in [0.25, 0.3) is 0 Å². The smallest absolute Gasteiger partial charge is 0.269 e. The van der Waals surface area contributed by atoms with Gasteiger partial charge in [0.25, 0.3) is 5.91 Å². The fourth-order valence-electron chi connectivity index (χ4n) is 2.91. The molecule has 1 aliphatic rings. The molecule has 9 heteroatoms. The number of hydrogen-bond acceptors (Lipinski definition) is 7. The minimum atomic E-state index is -0.0812. The van der Waals surface area contributed by atoms with Gasteiger partial charge in [-0.1, -0.05) is 0 Å². The van der Waals surface area contributed by atoms with Crippen LogP contribution in [0.4, 0.5) is 5.13 Å². The van der Waals surface area contributed by atoms with Crippen LogP contribution in [0.1, 0.15) is 34.8 Å². The van der Waals surface area contributed by atoms with Crippen LogP contribution in [0.5, 0.6) is 0 Å². The third-order valence-electron chi connectivity index (χ3n) is 3.99. The Bertz CT molecular complexity index is 713. The Labute approximate surface area is 145 Å². The Hall–Kier alpha value is -2.00. The highest BCUT2D eigenvalue weighted by Gasteiger charge is 2.25. The van der Waals surface area contributed by atoms with Crippen molar-refractivity contribution in [3.05, 3.63) is 23.3 Å². The van der Waals surface area contributed by atoms with Crippen LogP contribution in [0.3, 0.4) is 0 Å². The van der Waals surface area contributed by atoms with E-state index in [0.29, 0.717) is 18.1 Å². The molecule has 0 aliphatic carbocycles. The van der Waals surface area contributed by atoms with Gasteiger partial charge >= 0.3 is 0 Å². The van der Waals surface area contributed by atoms with E-state index in [9.17, 15) is 4.79 Å². The van der Waals surface area contributed by atoms with Crippen LogP contribution in [-0.4, -0.2) is 51.3 Å². The van der Waals surface area contributed by atoms with Crippen molar-refractivity contribution in [3.63, 3.8) is 0 Å². The van der Waals surface area contributed by atoms with Gasteiger partial charge in [0.05, 0.1) is 5.69 Å². The number of nitrogens with zero attached hydrogens (tertiary/aromatic N) is 5. The number of aryl methyl sites for hydroxylation is 2. The van der Waals surface area contributed by atoms with Crippen LogP contribution < -0.4 is 10.2 Å². The molecule has 0 aromatic carbocycles. The van der Waals surface area contributed by atoms with Gasteiger partial charge < -0.3 is 15.0 Å². The predicted octanol–water partition coefficient (Wildman–Crippen LogP) is 1.13. The van der Waals surface area contributed by atoms with Crippen LogP contribution in [0.15, 0.2) is 6.07 Å². The summed E-state index contributed by atoms with van der Waals surface area (Å²) < 4.78 is 11.0. The zero-order valence-corrected chi connectivity index (χ0v) is 15.0. The maximum Gasteiger partial charge on any atom is 0.269 e. The highest BCUT2D eigenvalue weighted by molar-refractivity contribution is 7.09. The average Bonchev–Trinajstić information content (AvgIpc) is 3.14. The zero-order valence-electron chi connectivity index (χ0n) is 14.2. The van der Waals surface area contributed by atoms with Gasteiger partial charge in [0, 0.05) is 44.8 Å². The van der Waals surface area contributed by atoms with E-state index >= 15 is 0 Å². The second-order valence-electron chi connectivity index (χ2n) is 5.98. The summed E-state index contributed by atoms with van der Waals surface area (Å²) in [4.78, 5) is 19.1. The van der Waals surface area contributed by atoms with Crippen molar-refractivity contribution >= 4 is 22.6 Å². The van der Waals surface area contributed by atoms with E-state index in [-0.39, 0.29) is 11.9 Å². The largest absolute Gasteiger partial charge is 0.377 e. The van der Waals surface area contributed by atoms with Crippen LogP contribution in [0, 0.1) is 6.92 Å². The SMILES string of the molecule is COCc1nsc(N2CCCC(NC(=O)c3cc(C)nn3C)C2)n1. The Morgan fingerprint density at radius 3 is 3.08 bits per heavy atom. The van der Waals surface area contributed by atoms with Crippen molar-refractivity contribution in [2.24, 2.45) is 7.05 Å². The molecule has 2 aromatic heterocycles. The third kappa shape index (κ3) is 3.73. The Kier molecular flexibility index (Phi) is 5.10. The van der Waals surface area contributed by atoms with E-state index in [2.05, 4.69) is 24.7 Å². The van der Waals surface area contributed by atoms with Crippen LogP contribution >= 0.6 is 11.5 Å². The molecule has 1 saturated heterocycles. The lowest BCUT2D eigenvalue weighted by molar-refractivity contribution is 0.0923. The minimum Gasteiger partial charge on any atom is -0.377 e. The first-order valence-corrected chi connectivity index (χ1v) is 8.72. The highest BCUT2D eigenvalue weighted by atomic mass is 32.1. The number of ether oxygens (including phenoxy) is 1. The molecule has 130 valence electrons. The molecular formula is C15H22N6O2S. The molecule has 24 heavy (non-hydrogen) atoms. The van der Waals surface area contributed by atoms with Crippen molar-refractivity contribution < 1.29 is 9.53 Å². The summed E-state index contributed by atoms with van der Waals surface area (Å²) in [5.41, 5.74) is 1.43. The highest BCUT2D eigenvalue weighted by Crippen LogP contribution is 2.22. The molecular weight excluding hydrogens is 328 g/mol. The first-order valence-electron chi connectivity index (χ1n) is 7.95. The summed E-state index contributed by atoms with van der Waals surface area (Å²) in [5.74, 6) is 0.622. The third-order valence-corrected chi connectivity index (χ3v) is 4.81. The second kappa shape index (κ2) is 7.27. The van der Waals surface area contributed by atoms with Crippen LogP contribution in [-0.2, 0) is 18.4 Å². The van der Waals surface area contributed by atoms with Crippen molar-refractivity contribution in [2.45, 2.75) is 32.4 Å². The number of carbonyl (C=O) groups excluding carboxylic acids is 1. The molecule has 0 saturated carbocycles. The van der Waals surface area contributed by atoms with Crippen LogP contribution in [0.2, 0.25) is 0 Å². The number of rotatable bonds is 5. The van der Waals surface area contributed by atoms with E-state index in [4.69, 9.17) is 4.74 Å². The monoisotopic (exact) mass is 350 g/mol. The molecule has 1 fully saturated rings. The predicted molar refractivity (Wildman–Crippen MR) is 91.3 cm³/mol. The molecule has 1 amide bonds. The molecule has 0 radical (unpaired) electrons. The van der Waals surface area contributed by atoms with Crippen molar-refractivity contribution in [1.82, 2.24) is 24.5 Å². The fraction of sp³-hybridized carbons (Fsp3) is 0.600. The number of methoxy groups -OCH3 is 1. The number of carbonyl (C=O) groups is 1. The molecule has 1 unspecified atom stereocenters. The molecule has 1 aliphatic heterocycles. The number of piperidine rings is 1. The normalized spacial score (nSPS) is 18.0. The summed E-state index contributed by atoms with van der Waals surface area (Å²) in [7, 11) is 3.42. The summed E-state index contributed by atoms with van der Waals surface area (Å²) in [6.07, 6.45) is 1.97. The lowest BCUT2D eigenvalue weighted by Crippen LogP contribution is -2.48. The first-order chi connectivity index (χ1) is 11.6. The number of hydrogen-bond donors (Lipinski definition) is 1. The second-order valence-corrected chi connectivity index (χ2v) is 6.71. The van der Waals surface area contributed by atoms with Gasteiger partial charge in [0.2, 0.25) is 5.13 Å². The van der Waals surface area contributed by atoms with E-state index < -0.39 is 0 Å². The van der Waals surface area contributed by atoms with Gasteiger partial charge in [-0.15, -0.1) is 0 Å². The molecule has 3 rings (SSSR count). The molecule has 1 N–H and O–H groups in total. The molecule has 0 spiro atoms. The summed E-state index contributed by atoms with van der Waals surface area (Å²) in [6, 6.07) is 1.90. The van der Waals surface area contributed by atoms with Gasteiger partial charge in [-0.3, -0.25) is 9.48 Å². The lowest BCUT2D eigenvalue weighted by Gasteiger charge is -2.32. The van der Waals surface area contributed by atoms with Gasteiger partial charge in [-0.25, -0.2) is 4.98 Å². The van der Waals surface area contributed by atoms with Gasteiger partial charge in [-0.05, 0) is 25.8 Å². The Morgan fingerprint density at radius 1 is 1.54 bits per heavy atom. The summed E-state index contributed by atoms with van der Waals surface area (Å²) in [6.45, 7) is 3.97. The average molecular weight is 350 g/mol. The summed E-state index contributed by atoms with van der Waals surface area (Å²) >= 11 is 1.38. The van der Waals surface area contributed by atoms with E-state index in [1.165, 1.54) is 11.5 Å². The topological polar surface area (TPSA) is 85.2 Å². The van der Waals surface area contributed by atoms with E-state index in [1.54, 1.807) is 24.9 Å². The number of amides is 1. The van der Waals surface area contributed by atoms with Crippen molar-refractivity contribution in [3.8, 4) is 0 Å². The number of anilines is 1. The Morgan fingerprint density at radius 2 is 2.38 bits per heavy atom. The molecule has 8 nitrogen and oxygen atoms in total. The molecule has 2 aromatic rings. The quantitative estimate of drug-likeness (QED) is 0.870. The lowest BCUT2D eigenvalue weighted by atomic mass is 10.1. The zero-order chi connectivity index (χ0) is 17.1.